The first-order valence-corrected chi connectivity index (χ1v) is 5.72. The summed E-state index contributed by atoms with van der Waals surface area (Å²) in [4.78, 5) is 22.1. The summed E-state index contributed by atoms with van der Waals surface area (Å²) in [6, 6.07) is 0. The Labute approximate surface area is 110 Å². The van der Waals surface area contributed by atoms with Crippen LogP contribution in [-0.4, -0.2) is 66.6 Å². The summed E-state index contributed by atoms with van der Waals surface area (Å²) in [7, 11) is 1.30. The van der Waals surface area contributed by atoms with E-state index in [1.165, 1.54) is 14.0 Å². The van der Waals surface area contributed by atoms with Crippen molar-refractivity contribution in [3.8, 4) is 0 Å². The van der Waals surface area contributed by atoms with E-state index in [1.54, 1.807) is 0 Å². The number of methoxy groups -OCH3 is 1. The number of aliphatic hydroxyl groups is 2. The molecule has 0 radical (unpaired) electrons. The minimum atomic E-state index is -1.24. The Morgan fingerprint density at radius 3 is 2.16 bits per heavy atom. The van der Waals surface area contributed by atoms with Crippen LogP contribution in [0.3, 0.4) is 0 Å². The molecule has 0 aromatic rings. The van der Waals surface area contributed by atoms with Crippen molar-refractivity contribution in [1.82, 2.24) is 0 Å². The predicted molar refractivity (Wildman–Crippen MR) is 59.9 cm³/mol. The van der Waals surface area contributed by atoms with E-state index in [0.717, 1.165) is 6.92 Å². The van der Waals surface area contributed by atoms with Gasteiger partial charge < -0.3 is 29.2 Å². The summed E-state index contributed by atoms with van der Waals surface area (Å²) < 4.78 is 20.1. The topological polar surface area (TPSA) is 112 Å². The first kappa shape index (κ1) is 15.8. The number of rotatable bonds is 4. The second kappa shape index (κ2) is 6.80. The smallest absolute Gasteiger partial charge is 0.305 e. The molecule has 1 rings (SSSR count). The van der Waals surface area contributed by atoms with Gasteiger partial charge in [-0.2, -0.15) is 0 Å². The van der Waals surface area contributed by atoms with Crippen LogP contribution in [0.25, 0.3) is 0 Å². The molecule has 0 saturated carbocycles. The molecule has 19 heavy (non-hydrogen) atoms. The molecule has 0 bridgehead atoms. The van der Waals surface area contributed by atoms with Crippen molar-refractivity contribution in [2.45, 2.75) is 44.6 Å². The lowest BCUT2D eigenvalue weighted by Crippen LogP contribution is -2.61. The molecule has 1 aliphatic rings. The summed E-state index contributed by atoms with van der Waals surface area (Å²) >= 11 is 0. The maximum Gasteiger partial charge on any atom is 0.305 e. The van der Waals surface area contributed by atoms with E-state index in [-0.39, 0.29) is 0 Å². The highest BCUT2D eigenvalue weighted by molar-refractivity contribution is 5.67. The molecular formula is C11H18O8. The molecule has 1 heterocycles. The van der Waals surface area contributed by atoms with Gasteiger partial charge in [-0.1, -0.05) is 0 Å². The fraction of sp³-hybridized carbons (Fsp3) is 0.818. The van der Waals surface area contributed by atoms with E-state index in [9.17, 15) is 14.7 Å². The maximum atomic E-state index is 11.1. The van der Waals surface area contributed by atoms with Crippen LogP contribution >= 0.6 is 0 Å². The molecule has 1 saturated heterocycles. The molecule has 1 aliphatic heterocycles. The van der Waals surface area contributed by atoms with Crippen LogP contribution in [0.5, 0.6) is 0 Å². The van der Waals surface area contributed by atoms with E-state index < -0.39 is 49.3 Å². The van der Waals surface area contributed by atoms with Crippen LogP contribution in [0, 0.1) is 0 Å². The zero-order valence-corrected chi connectivity index (χ0v) is 10.9. The number of esters is 2. The average molecular weight is 278 g/mol. The monoisotopic (exact) mass is 278 g/mol. The van der Waals surface area contributed by atoms with Crippen LogP contribution in [0.1, 0.15) is 13.8 Å². The largest absolute Gasteiger partial charge is 0.453 e. The lowest BCUT2D eigenvalue weighted by Gasteiger charge is -2.42. The van der Waals surface area contributed by atoms with Gasteiger partial charge in [0.2, 0.25) is 6.29 Å². The van der Waals surface area contributed by atoms with Gasteiger partial charge in [-0.3, -0.25) is 9.59 Å². The quantitative estimate of drug-likeness (QED) is 0.602. The lowest BCUT2D eigenvalue weighted by molar-refractivity contribution is -0.298. The van der Waals surface area contributed by atoms with E-state index in [0.29, 0.717) is 0 Å². The van der Waals surface area contributed by atoms with Crippen molar-refractivity contribution in [2.75, 3.05) is 13.7 Å². The Kier molecular flexibility index (Phi) is 5.67. The van der Waals surface area contributed by atoms with Gasteiger partial charge in [0.1, 0.15) is 18.3 Å². The Hall–Kier alpha value is -1.22. The third kappa shape index (κ3) is 3.87. The van der Waals surface area contributed by atoms with Gasteiger partial charge in [0.25, 0.3) is 0 Å². The molecule has 8 nitrogen and oxygen atoms in total. The third-order valence-electron chi connectivity index (χ3n) is 2.65. The SMILES string of the molecule is CO[C@H]1[C@H](O)[C@H](CO)O[C@H](OC(C)=O)[C@@H]1OC(C)=O. The summed E-state index contributed by atoms with van der Waals surface area (Å²) in [6.07, 6.45) is -5.54. The van der Waals surface area contributed by atoms with Crippen molar-refractivity contribution in [3.05, 3.63) is 0 Å². The zero-order chi connectivity index (χ0) is 14.6. The highest BCUT2D eigenvalue weighted by Gasteiger charge is 2.49. The molecule has 0 aliphatic carbocycles. The normalized spacial score (nSPS) is 34.7. The van der Waals surface area contributed by atoms with Crippen LogP contribution in [0.15, 0.2) is 0 Å². The van der Waals surface area contributed by atoms with Gasteiger partial charge in [-0.15, -0.1) is 0 Å². The number of hydrogen-bond donors (Lipinski definition) is 2. The minimum Gasteiger partial charge on any atom is -0.453 e. The molecule has 0 amide bonds. The number of carbonyl (C=O) groups is 2. The fourth-order valence-corrected chi connectivity index (χ4v) is 1.89. The molecule has 5 atom stereocenters. The molecule has 0 spiro atoms. The van der Waals surface area contributed by atoms with Crippen molar-refractivity contribution in [2.24, 2.45) is 0 Å². The molecule has 0 aromatic heterocycles. The number of hydrogen-bond acceptors (Lipinski definition) is 8. The zero-order valence-electron chi connectivity index (χ0n) is 10.9. The Bertz CT molecular complexity index is 331. The van der Waals surface area contributed by atoms with Gasteiger partial charge in [0.05, 0.1) is 6.61 Å². The van der Waals surface area contributed by atoms with Gasteiger partial charge in [-0.25, -0.2) is 0 Å². The standard InChI is InChI=1S/C11H18O8/c1-5(13)17-10-9(16-3)8(15)7(4-12)19-11(10)18-6(2)14/h7-12,15H,4H2,1-3H3/t7-,8+,9-,10+,11-/m0/s1. The van der Waals surface area contributed by atoms with E-state index in [4.69, 9.17) is 24.1 Å². The minimum absolute atomic E-state index is 0.494. The number of ether oxygens (including phenoxy) is 4. The molecule has 2 N–H and O–H groups in total. The summed E-state index contributed by atoms with van der Waals surface area (Å²) in [6.45, 7) is 1.84. The summed E-state index contributed by atoms with van der Waals surface area (Å²) in [5, 5.41) is 19.0. The van der Waals surface area contributed by atoms with Crippen LogP contribution in [0.4, 0.5) is 0 Å². The molecule has 8 heteroatoms. The van der Waals surface area contributed by atoms with E-state index in [2.05, 4.69) is 0 Å². The first-order valence-electron chi connectivity index (χ1n) is 5.72. The number of aliphatic hydroxyl groups excluding tert-OH is 2. The Morgan fingerprint density at radius 2 is 1.74 bits per heavy atom. The van der Waals surface area contributed by atoms with Crippen LogP contribution in [0.2, 0.25) is 0 Å². The predicted octanol–water partition coefficient (Wildman–Crippen LogP) is -1.43. The molecule has 0 unspecified atom stereocenters. The van der Waals surface area contributed by atoms with Gasteiger partial charge in [-0.05, 0) is 0 Å². The maximum absolute atomic E-state index is 11.1. The highest BCUT2D eigenvalue weighted by Crippen LogP contribution is 2.26. The molecule has 1 fully saturated rings. The van der Waals surface area contributed by atoms with Gasteiger partial charge >= 0.3 is 11.9 Å². The summed E-state index contributed by atoms with van der Waals surface area (Å²) in [5.74, 6) is -1.28. The van der Waals surface area contributed by atoms with E-state index >= 15 is 0 Å². The first-order chi connectivity index (χ1) is 8.90. The van der Waals surface area contributed by atoms with Crippen molar-refractivity contribution < 1.29 is 38.7 Å². The Balaban J connectivity index is 2.94. The molecular weight excluding hydrogens is 260 g/mol. The average Bonchev–Trinajstić information content (AvgIpc) is 2.31. The lowest BCUT2D eigenvalue weighted by atomic mass is 9.99. The van der Waals surface area contributed by atoms with Crippen molar-refractivity contribution in [1.29, 1.82) is 0 Å². The summed E-state index contributed by atoms with van der Waals surface area (Å²) in [5.41, 5.74) is 0. The van der Waals surface area contributed by atoms with Gasteiger partial charge in [0, 0.05) is 21.0 Å². The number of carbonyl (C=O) groups excluding carboxylic acids is 2. The second-order valence-electron chi connectivity index (χ2n) is 4.10. The van der Waals surface area contributed by atoms with Gasteiger partial charge in [0.15, 0.2) is 6.10 Å². The molecule has 0 aromatic carbocycles. The Morgan fingerprint density at radius 1 is 1.16 bits per heavy atom. The highest BCUT2D eigenvalue weighted by atomic mass is 16.7. The van der Waals surface area contributed by atoms with Crippen molar-refractivity contribution >= 4 is 11.9 Å². The van der Waals surface area contributed by atoms with Crippen LogP contribution < -0.4 is 0 Å². The fourth-order valence-electron chi connectivity index (χ4n) is 1.89. The van der Waals surface area contributed by atoms with Crippen LogP contribution in [-0.2, 0) is 28.5 Å². The van der Waals surface area contributed by atoms with Crippen molar-refractivity contribution in [3.63, 3.8) is 0 Å². The second-order valence-corrected chi connectivity index (χ2v) is 4.10. The third-order valence-corrected chi connectivity index (χ3v) is 2.65. The molecule has 110 valence electrons. The van der Waals surface area contributed by atoms with E-state index in [1.807, 2.05) is 0 Å².